The Kier molecular flexibility index (Phi) is 4.64. The van der Waals surface area contributed by atoms with Crippen LogP contribution in [0.3, 0.4) is 0 Å². The van der Waals surface area contributed by atoms with Gasteiger partial charge in [0.2, 0.25) is 10.0 Å². The molecule has 0 amide bonds. The molecule has 1 unspecified atom stereocenters. The van der Waals surface area contributed by atoms with Gasteiger partial charge in [0.15, 0.2) is 0 Å². The van der Waals surface area contributed by atoms with Crippen LogP contribution in [0.1, 0.15) is 13.8 Å². The number of fused-ring (bicyclic) bond motifs is 1. The molecule has 0 spiro atoms. The largest absolute Gasteiger partial charge is 0.241 e. The monoisotopic (exact) mass is 344 g/mol. The Balaban J connectivity index is 1.93. The van der Waals surface area contributed by atoms with E-state index in [1.54, 1.807) is 24.5 Å². The number of hydrogen-bond donors (Lipinski definition) is 1. The van der Waals surface area contributed by atoms with Crippen molar-refractivity contribution in [3.8, 4) is 0 Å². The molecular formula is C17H20N4O2S. The zero-order valence-corrected chi connectivity index (χ0v) is 14.4. The molecule has 0 radical (unpaired) electrons. The third kappa shape index (κ3) is 3.47. The number of nitrogens with one attached hydrogen (secondary N) is 1. The molecule has 7 heteroatoms. The molecule has 1 aromatic heterocycles. The molecule has 0 saturated carbocycles. The number of rotatable bonds is 6. The standard InChI is InChI=1S/C17H20N4O2S/c1-13(2)16(12-21-18-10-11-19-21)20-24(22,23)17-9-5-7-14-6-3-4-8-15(14)17/h3-11,13,16,20H,12H2,1-2H3. The Hall–Kier alpha value is -2.25. The predicted octanol–water partition coefficient (Wildman–Crippen LogP) is 2.43. The third-order valence-corrected chi connectivity index (χ3v) is 5.53. The van der Waals surface area contributed by atoms with Crippen LogP contribution >= 0.6 is 0 Å². The van der Waals surface area contributed by atoms with E-state index in [0.29, 0.717) is 16.8 Å². The van der Waals surface area contributed by atoms with Gasteiger partial charge >= 0.3 is 0 Å². The number of benzene rings is 2. The topological polar surface area (TPSA) is 76.9 Å². The SMILES string of the molecule is CC(C)C(Cn1nccn1)NS(=O)(=O)c1cccc2ccccc12. The second kappa shape index (κ2) is 6.70. The maximum Gasteiger partial charge on any atom is 0.241 e. The summed E-state index contributed by atoms with van der Waals surface area (Å²) in [5, 5.41) is 9.74. The van der Waals surface area contributed by atoms with Crippen molar-refractivity contribution in [2.45, 2.75) is 31.3 Å². The highest BCUT2D eigenvalue weighted by atomic mass is 32.2. The smallest absolute Gasteiger partial charge is 0.207 e. The summed E-state index contributed by atoms with van der Waals surface area (Å²) in [5.74, 6) is 0.0979. The fourth-order valence-electron chi connectivity index (χ4n) is 2.59. The minimum absolute atomic E-state index is 0.0979. The van der Waals surface area contributed by atoms with Crippen LogP contribution < -0.4 is 4.72 Å². The zero-order valence-electron chi connectivity index (χ0n) is 13.6. The second-order valence-corrected chi connectivity index (χ2v) is 7.72. The Morgan fingerprint density at radius 1 is 1.04 bits per heavy atom. The van der Waals surface area contributed by atoms with Crippen molar-refractivity contribution in [2.24, 2.45) is 5.92 Å². The highest BCUT2D eigenvalue weighted by Gasteiger charge is 2.24. The first-order valence-corrected chi connectivity index (χ1v) is 9.30. The molecule has 1 N–H and O–H groups in total. The average molecular weight is 344 g/mol. The van der Waals surface area contributed by atoms with E-state index in [9.17, 15) is 8.42 Å². The number of nitrogens with zero attached hydrogens (tertiary/aromatic N) is 3. The first-order chi connectivity index (χ1) is 11.5. The van der Waals surface area contributed by atoms with Crippen molar-refractivity contribution in [1.29, 1.82) is 0 Å². The Labute approximate surface area is 141 Å². The lowest BCUT2D eigenvalue weighted by Gasteiger charge is -2.22. The maximum atomic E-state index is 12.9. The molecule has 126 valence electrons. The van der Waals surface area contributed by atoms with E-state index in [1.165, 1.54) is 4.80 Å². The highest BCUT2D eigenvalue weighted by molar-refractivity contribution is 7.89. The van der Waals surface area contributed by atoms with Crippen LogP contribution in [0.5, 0.6) is 0 Å². The van der Waals surface area contributed by atoms with Gasteiger partial charge in [-0.25, -0.2) is 13.1 Å². The fourth-order valence-corrected chi connectivity index (χ4v) is 4.20. The molecule has 0 aliphatic heterocycles. The summed E-state index contributed by atoms with van der Waals surface area (Å²) in [6, 6.07) is 12.5. The van der Waals surface area contributed by atoms with E-state index in [4.69, 9.17) is 0 Å². The van der Waals surface area contributed by atoms with E-state index in [1.807, 2.05) is 44.2 Å². The lowest BCUT2D eigenvalue weighted by Crippen LogP contribution is -2.42. The summed E-state index contributed by atoms with van der Waals surface area (Å²) in [5.41, 5.74) is 0. The number of sulfonamides is 1. The first kappa shape index (κ1) is 16.6. The van der Waals surface area contributed by atoms with E-state index < -0.39 is 10.0 Å². The van der Waals surface area contributed by atoms with Crippen LogP contribution in [0.15, 0.2) is 59.8 Å². The minimum atomic E-state index is -3.65. The summed E-state index contributed by atoms with van der Waals surface area (Å²) in [4.78, 5) is 1.79. The molecule has 2 aromatic carbocycles. The average Bonchev–Trinajstić information content (AvgIpc) is 3.06. The molecule has 24 heavy (non-hydrogen) atoms. The van der Waals surface area contributed by atoms with Gasteiger partial charge in [-0.05, 0) is 17.4 Å². The van der Waals surface area contributed by atoms with Crippen molar-refractivity contribution >= 4 is 20.8 Å². The van der Waals surface area contributed by atoms with E-state index in [2.05, 4.69) is 14.9 Å². The second-order valence-electron chi connectivity index (χ2n) is 6.03. The lowest BCUT2D eigenvalue weighted by molar-refractivity contribution is 0.361. The summed E-state index contributed by atoms with van der Waals surface area (Å²) in [6.45, 7) is 4.33. The fraction of sp³-hybridized carbons (Fsp3) is 0.294. The van der Waals surface area contributed by atoms with Gasteiger partial charge in [0.1, 0.15) is 0 Å². The van der Waals surface area contributed by atoms with Crippen molar-refractivity contribution in [3.63, 3.8) is 0 Å². The molecule has 6 nitrogen and oxygen atoms in total. The van der Waals surface area contributed by atoms with E-state index >= 15 is 0 Å². The van der Waals surface area contributed by atoms with Crippen molar-refractivity contribution in [2.75, 3.05) is 0 Å². The summed E-state index contributed by atoms with van der Waals surface area (Å²) in [7, 11) is -3.65. The molecular weight excluding hydrogens is 324 g/mol. The van der Waals surface area contributed by atoms with Crippen molar-refractivity contribution in [1.82, 2.24) is 19.7 Å². The predicted molar refractivity (Wildman–Crippen MR) is 92.9 cm³/mol. The Morgan fingerprint density at radius 2 is 1.71 bits per heavy atom. The molecule has 0 bridgehead atoms. The van der Waals surface area contributed by atoms with Gasteiger partial charge in [-0.15, -0.1) is 0 Å². The molecule has 3 rings (SSSR count). The molecule has 1 atom stereocenters. The highest BCUT2D eigenvalue weighted by Crippen LogP contribution is 2.23. The molecule has 0 aliphatic rings. The zero-order chi connectivity index (χ0) is 17.2. The van der Waals surface area contributed by atoms with Gasteiger partial charge in [-0.2, -0.15) is 15.0 Å². The summed E-state index contributed by atoms with van der Waals surface area (Å²) < 4.78 is 28.7. The van der Waals surface area contributed by atoms with Crippen molar-refractivity contribution in [3.05, 3.63) is 54.9 Å². The molecule has 0 aliphatic carbocycles. The number of hydrogen-bond acceptors (Lipinski definition) is 4. The van der Waals surface area contributed by atoms with Gasteiger partial charge in [0.05, 0.1) is 23.8 Å². The van der Waals surface area contributed by atoms with Crippen LogP contribution in [0.2, 0.25) is 0 Å². The van der Waals surface area contributed by atoms with Crippen LogP contribution in [0, 0.1) is 5.92 Å². The van der Waals surface area contributed by atoms with Gasteiger partial charge in [-0.3, -0.25) is 0 Å². The summed E-state index contributed by atoms with van der Waals surface area (Å²) >= 11 is 0. The quantitative estimate of drug-likeness (QED) is 0.745. The molecule has 0 fully saturated rings. The van der Waals surface area contributed by atoms with E-state index in [0.717, 1.165) is 5.39 Å². The van der Waals surface area contributed by atoms with Crippen LogP contribution in [0.25, 0.3) is 10.8 Å². The summed E-state index contributed by atoms with van der Waals surface area (Å²) in [6.07, 6.45) is 3.16. The number of aromatic nitrogens is 3. The van der Waals surface area contributed by atoms with Gasteiger partial charge in [-0.1, -0.05) is 50.2 Å². The van der Waals surface area contributed by atoms with Gasteiger partial charge < -0.3 is 0 Å². The Bertz CT molecular complexity index is 915. The normalized spacial score (nSPS) is 13.5. The van der Waals surface area contributed by atoms with Gasteiger partial charge in [0.25, 0.3) is 0 Å². The van der Waals surface area contributed by atoms with Crippen LogP contribution in [-0.4, -0.2) is 29.5 Å². The lowest BCUT2D eigenvalue weighted by atomic mass is 10.1. The molecule has 1 heterocycles. The molecule has 3 aromatic rings. The van der Waals surface area contributed by atoms with Crippen molar-refractivity contribution < 1.29 is 8.42 Å². The van der Waals surface area contributed by atoms with Crippen LogP contribution in [-0.2, 0) is 16.6 Å². The first-order valence-electron chi connectivity index (χ1n) is 7.81. The third-order valence-electron chi connectivity index (χ3n) is 3.98. The van der Waals surface area contributed by atoms with E-state index in [-0.39, 0.29) is 12.0 Å². The minimum Gasteiger partial charge on any atom is -0.207 e. The van der Waals surface area contributed by atoms with Crippen LogP contribution in [0.4, 0.5) is 0 Å². The van der Waals surface area contributed by atoms with Gasteiger partial charge in [0, 0.05) is 11.4 Å². The molecule has 0 saturated heterocycles. The maximum absolute atomic E-state index is 12.9. The Morgan fingerprint density at radius 3 is 2.42 bits per heavy atom.